The molecule has 0 radical (unpaired) electrons. The maximum Gasteiger partial charge on any atom is 0.253 e. The van der Waals surface area contributed by atoms with Gasteiger partial charge in [-0.05, 0) is 42.7 Å². The predicted molar refractivity (Wildman–Crippen MR) is 90.3 cm³/mol. The van der Waals surface area contributed by atoms with Gasteiger partial charge in [0, 0.05) is 30.8 Å². The molecule has 5 heteroatoms. The molecule has 3 rings (SSSR count). The third-order valence-electron chi connectivity index (χ3n) is 4.12. The monoisotopic (exact) mass is 328 g/mol. The minimum atomic E-state index is -0.335. The Bertz CT molecular complexity index is 720. The van der Waals surface area contributed by atoms with E-state index in [1.165, 1.54) is 12.1 Å². The SMILES string of the molecule is N[C@H]1CCCN(C(=O)c2cccc(COc3cccc(F)c3)c2)C1. The summed E-state index contributed by atoms with van der Waals surface area (Å²) in [5.41, 5.74) is 7.45. The van der Waals surface area contributed by atoms with Gasteiger partial charge in [-0.2, -0.15) is 0 Å². The molecular weight excluding hydrogens is 307 g/mol. The number of nitrogens with zero attached hydrogens (tertiary/aromatic N) is 1. The Balaban J connectivity index is 1.66. The van der Waals surface area contributed by atoms with Gasteiger partial charge in [0.2, 0.25) is 0 Å². The van der Waals surface area contributed by atoms with E-state index in [9.17, 15) is 9.18 Å². The van der Waals surface area contributed by atoms with Crippen LogP contribution in [0.15, 0.2) is 48.5 Å². The van der Waals surface area contributed by atoms with E-state index >= 15 is 0 Å². The third kappa shape index (κ3) is 4.11. The van der Waals surface area contributed by atoms with Crippen molar-refractivity contribution in [1.82, 2.24) is 4.90 Å². The first kappa shape index (κ1) is 16.5. The van der Waals surface area contributed by atoms with E-state index in [-0.39, 0.29) is 24.4 Å². The normalized spacial score (nSPS) is 17.6. The first-order valence-electron chi connectivity index (χ1n) is 8.14. The predicted octanol–water partition coefficient (Wildman–Crippen LogP) is 2.97. The first-order valence-corrected chi connectivity index (χ1v) is 8.14. The molecule has 0 bridgehead atoms. The quantitative estimate of drug-likeness (QED) is 0.939. The highest BCUT2D eigenvalue weighted by Gasteiger charge is 2.22. The van der Waals surface area contributed by atoms with E-state index in [4.69, 9.17) is 10.5 Å². The molecule has 24 heavy (non-hydrogen) atoms. The fourth-order valence-corrected chi connectivity index (χ4v) is 2.89. The van der Waals surface area contributed by atoms with Crippen LogP contribution in [0.4, 0.5) is 4.39 Å². The molecule has 1 atom stereocenters. The molecular formula is C19H21FN2O2. The van der Waals surface area contributed by atoms with Crippen LogP contribution in [-0.4, -0.2) is 29.9 Å². The number of piperidine rings is 1. The van der Waals surface area contributed by atoms with Crippen molar-refractivity contribution in [2.45, 2.75) is 25.5 Å². The van der Waals surface area contributed by atoms with Gasteiger partial charge in [-0.15, -0.1) is 0 Å². The number of hydrogen-bond acceptors (Lipinski definition) is 3. The van der Waals surface area contributed by atoms with E-state index in [0.717, 1.165) is 24.9 Å². The lowest BCUT2D eigenvalue weighted by Gasteiger charge is -2.30. The second-order valence-electron chi connectivity index (χ2n) is 6.10. The molecule has 2 aromatic rings. The Morgan fingerprint density at radius 3 is 2.88 bits per heavy atom. The van der Waals surface area contributed by atoms with E-state index in [0.29, 0.717) is 17.9 Å². The second kappa shape index (κ2) is 7.45. The maximum absolute atomic E-state index is 13.2. The minimum absolute atomic E-state index is 0.00208. The van der Waals surface area contributed by atoms with E-state index < -0.39 is 0 Å². The van der Waals surface area contributed by atoms with Crippen molar-refractivity contribution >= 4 is 5.91 Å². The summed E-state index contributed by atoms with van der Waals surface area (Å²) >= 11 is 0. The zero-order chi connectivity index (χ0) is 16.9. The van der Waals surface area contributed by atoms with Gasteiger partial charge in [-0.1, -0.05) is 18.2 Å². The van der Waals surface area contributed by atoms with Gasteiger partial charge < -0.3 is 15.4 Å². The van der Waals surface area contributed by atoms with Crippen molar-refractivity contribution in [1.29, 1.82) is 0 Å². The number of halogens is 1. The summed E-state index contributed by atoms with van der Waals surface area (Å²) in [6.45, 7) is 1.63. The topological polar surface area (TPSA) is 55.6 Å². The first-order chi connectivity index (χ1) is 11.6. The average Bonchev–Trinajstić information content (AvgIpc) is 2.60. The highest BCUT2D eigenvalue weighted by molar-refractivity contribution is 5.94. The van der Waals surface area contributed by atoms with Crippen LogP contribution in [-0.2, 0) is 6.61 Å². The zero-order valence-corrected chi connectivity index (χ0v) is 13.5. The number of amides is 1. The van der Waals surface area contributed by atoms with Gasteiger partial charge in [0.25, 0.3) is 5.91 Å². The summed E-state index contributed by atoms with van der Waals surface area (Å²) in [6, 6.07) is 13.4. The Morgan fingerprint density at radius 2 is 2.08 bits per heavy atom. The van der Waals surface area contributed by atoms with Crippen molar-refractivity contribution < 1.29 is 13.9 Å². The molecule has 1 amide bonds. The lowest BCUT2D eigenvalue weighted by atomic mass is 10.0. The molecule has 0 spiro atoms. The molecule has 2 aromatic carbocycles. The van der Waals surface area contributed by atoms with Crippen molar-refractivity contribution in [3.05, 3.63) is 65.5 Å². The van der Waals surface area contributed by atoms with Crippen LogP contribution in [0.1, 0.15) is 28.8 Å². The Hall–Kier alpha value is -2.40. The number of likely N-dealkylation sites (tertiary alicyclic amines) is 1. The molecule has 2 N–H and O–H groups in total. The molecule has 126 valence electrons. The molecule has 0 aromatic heterocycles. The lowest BCUT2D eigenvalue weighted by Crippen LogP contribution is -2.45. The third-order valence-corrected chi connectivity index (χ3v) is 4.12. The summed E-state index contributed by atoms with van der Waals surface area (Å²) in [4.78, 5) is 14.4. The standard InChI is InChI=1S/C19H21FN2O2/c20-16-6-2-8-18(11-16)24-13-14-4-1-5-15(10-14)19(23)22-9-3-7-17(21)12-22/h1-2,4-6,8,10-11,17H,3,7,9,12-13,21H2/t17-/m0/s1. The number of ether oxygens (including phenoxy) is 1. The van der Waals surface area contributed by atoms with Crippen molar-refractivity contribution in [3.8, 4) is 5.75 Å². The smallest absolute Gasteiger partial charge is 0.253 e. The molecule has 1 heterocycles. The van der Waals surface area contributed by atoms with E-state index in [2.05, 4.69) is 0 Å². The van der Waals surface area contributed by atoms with Crippen LogP contribution in [0, 0.1) is 5.82 Å². The molecule has 1 aliphatic rings. The number of carbonyl (C=O) groups excluding carboxylic acids is 1. The molecule has 0 saturated carbocycles. The van der Waals surface area contributed by atoms with E-state index in [1.54, 1.807) is 23.1 Å². The van der Waals surface area contributed by atoms with Gasteiger partial charge in [0.05, 0.1) is 0 Å². The number of rotatable bonds is 4. The number of benzene rings is 2. The molecule has 0 unspecified atom stereocenters. The highest BCUT2D eigenvalue weighted by Crippen LogP contribution is 2.17. The van der Waals surface area contributed by atoms with Crippen LogP contribution >= 0.6 is 0 Å². The van der Waals surface area contributed by atoms with Crippen molar-refractivity contribution in [2.24, 2.45) is 5.73 Å². The largest absolute Gasteiger partial charge is 0.489 e. The lowest BCUT2D eigenvalue weighted by molar-refractivity contribution is 0.0708. The van der Waals surface area contributed by atoms with Crippen LogP contribution in [0.2, 0.25) is 0 Å². The summed E-state index contributed by atoms with van der Waals surface area (Å²) in [6.07, 6.45) is 1.90. The van der Waals surface area contributed by atoms with E-state index in [1.807, 2.05) is 18.2 Å². The Morgan fingerprint density at radius 1 is 1.25 bits per heavy atom. The second-order valence-corrected chi connectivity index (χ2v) is 6.10. The molecule has 1 saturated heterocycles. The van der Waals surface area contributed by atoms with Gasteiger partial charge in [-0.25, -0.2) is 4.39 Å². The van der Waals surface area contributed by atoms with Crippen molar-refractivity contribution in [2.75, 3.05) is 13.1 Å². The Labute approximate surface area is 141 Å². The van der Waals surface area contributed by atoms with Crippen LogP contribution in [0.25, 0.3) is 0 Å². The van der Waals surface area contributed by atoms with Gasteiger partial charge in [0.15, 0.2) is 0 Å². The fraction of sp³-hybridized carbons (Fsp3) is 0.316. The summed E-state index contributed by atoms with van der Waals surface area (Å²) in [5.74, 6) is 0.129. The van der Waals surface area contributed by atoms with Gasteiger partial charge in [0.1, 0.15) is 18.2 Å². The number of carbonyl (C=O) groups is 1. The summed E-state index contributed by atoms with van der Waals surface area (Å²) in [7, 11) is 0. The fourth-order valence-electron chi connectivity index (χ4n) is 2.89. The number of nitrogens with two attached hydrogens (primary N) is 1. The van der Waals surface area contributed by atoms with Crippen LogP contribution in [0.3, 0.4) is 0 Å². The highest BCUT2D eigenvalue weighted by atomic mass is 19.1. The van der Waals surface area contributed by atoms with Crippen molar-refractivity contribution in [3.63, 3.8) is 0 Å². The molecule has 0 aliphatic carbocycles. The van der Waals surface area contributed by atoms with Gasteiger partial charge in [-0.3, -0.25) is 4.79 Å². The molecule has 4 nitrogen and oxygen atoms in total. The zero-order valence-electron chi connectivity index (χ0n) is 13.5. The number of hydrogen-bond donors (Lipinski definition) is 1. The Kier molecular flexibility index (Phi) is 5.11. The average molecular weight is 328 g/mol. The van der Waals surface area contributed by atoms with Crippen LogP contribution < -0.4 is 10.5 Å². The van der Waals surface area contributed by atoms with Crippen LogP contribution in [0.5, 0.6) is 5.75 Å². The maximum atomic E-state index is 13.2. The molecule has 1 fully saturated rings. The van der Waals surface area contributed by atoms with Gasteiger partial charge >= 0.3 is 0 Å². The summed E-state index contributed by atoms with van der Waals surface area (Å²) < 4.78 is 18.7. The molecule has 1 aliphatic heterocycles. The minimum Gasteiger partial charge on any atom is -0.489 e. The summed E-state index contributed by atoms with van der Waals surface area (Å²) in [5, 5.41) is 0.